The number of anilines is 1. The third-order valence-corrected chi connectivity index (χ3v) is 3.90. The molecule has 0 spiro atoms. The molecule has 1 atom stereocenters. The van der Waals surface area contributed by atoms with Crippen molar-refractivity contribution in [1.82, 2.24) is 10.3 Å². The van der Waals surface area contributed by atoms with Crippen LogP contribution in [0.2, 0.25) is 0 Å². The highest BCUT2D eigenvalue weighted by molar-refractivity contribution is 5.94. The molecule has 5 heteroatoms. The summed E-state index contributed by atoms with van der Waals surface area (Å²) in [5, 5.41) is 6.26. The molecule has 1 aromatic carbocycles. The van der Waals surface area contributed by atoms with Gasteiger partial charge in [-0.05, 0) is 37.5 Å². The highest BCUT2D eigenvalue weighted by atomic mass is 16.5. The Morgan fingerprint density at radius 3 is 2.83 bits per heavy atom. The lowest BCUT2D eigenvalue weighted by molar-refractivity contribution is 0.0953. The second-order valence-electron chi connectivity index (χ2n) is 5.73. The van der Waals surface area contributed by atoms with Crippen molar-refractivity contribution in [3.8, 4) is 5.75 Å². The molecule has 1 amide bonds. The van der Waals surface area contributed by atoms with Crippen LogP contribution in [0.25, 0.3) is 0 Å². The molecule has 0 fully saturated rings. The third-order valence-electron chi connectivity index (χ3n) is 3.90. The maximum Gasteiger partial charge on any atom is 0.252 e. The lowest BCUT2D eigenvalue weighted by atomic mass is 10.1. The average molecular weight is 327 g/mol. The summed E-state index contributed by atoms with van der Waals surface area (Å²) in [5.74, 6) is 0.721. The highest BCUT2D eigenvalue weighted by Crippen LogP contribution is 2.17. The Morgan fingerprint density at radius 1 is 1.29 bits per heavy atom. The summed E-state index contributed by atoms with van der Waals surface area (Å²) in [5.41, 5.74) is 2.50. The lowest BCUT2D eigenvalue weighted by Crippen LogP contribution is -2.26. The number of carbonyl (C=O) groups excluding carboxylic acids is 1. The van der Waals surface area contributed by atoms with Gasteiger partial charge in [0.15, 0.2) is 0 Å². The van der Waals surface area contributed by atoms with E-state index in [-0.39, 0.29) is 5.91 Å². The zero-order valence-electron chi connectivity index (χ0n) is 14.5. The van der Waals surface area contributed by atoms with E-state index in [9.17, 15) is 4.79 Å². The van der Waals surface area contributed by atoms with Crippen molar-refractivity contribution in [2.75, 3.05) is 19.0 Å². The van der Waals surface area contributed by atoms with Crippen LogP contribution in [0.15, 0.2) is 42.7 Å². The van der Waals surface area contributed by atoms with Crippen molar-refractivity contribution in [1.29, 1.82) is 0 Å². The Balaban J connectivity index is 1.91. The Labute approximate surface area is 143 Å². The van der Waals surface area contributed by atoms with Crippen LogP contribution >= 0.6 is 0 Å². The van der Waals surface area contributed by atoms with Gasteiger partial charge in [-0.1, -0.05) is 25.1 Å². The van der Waals surface area contributed by atoms with Crippen LogP contribution in [-0.4, -0.2) is 30.6 Å². The first-order valence-electron chi connectivity index (χ1n) is 8.25. The van der Waals surface area contributed by atoms with E-state index in [1.165, 1.54) is 0 Å². The fourth-order valence-corrected chi connectivity index (χ4v) is 2.35. The number of ether oxygens (including phenoxy) is 1. The van der Waals surface area contributed by atoms with Gasteiger partial charge in [0.05, 0.1) is 18.4 Å². The molecule has 5 nitrogen and oxygen atoms in total. The van der Waals surface area contributed by atoms with Gasteiger partial charge in [0.1, 0.15) is 5.75 Å². The number of pyridine rings is 1. The lowest BCUT2D eigenvalue weighted by Gasteiger charge is -2.13. The molecular weight excluding hydrogens is 302 g/mol. The quantitative estimate of drug-likeness (QED) is 0.781. The second-order valence-corrected chi connectivity index (χ2v) is 5.73. The number of amides is 1. The van der Waals surface area contributed by atoms with Crippen LogP contribution in [0.4, 0.5) is 5.69 Å². The van der Waals surface area contributed by atoms with E-state index in [1.54, 1.807) is 19.5 Å². The van der Waals surface area contributed by atoms with E-state index in [2.05, 4.69) is 29.5 Å². The summed E-state index contributed by atoms with van der Waals surface area (Å²) in [7, 11) is 1.65. The fraction of sp³-hybridized carbons (Fsp3) is 0.368. The fourth-order valence-electron chi connectivity index (χ4n) is 2.35. The van der Waals surface area contributed by atoms with Gasteiger partial charge in [-0.25, -0.2) is 0 Å². The predicted octanol–water partition coefficient (Wildman–Crippen LogP) is 3.27. The molecule has 2 aromatic rings. The minimum Gasteiger partial charge on any atom is -0.496 e. The van der Waals surface area contributed by atoms with Gasteiger partial charge >= 0.3 is 0 Å². The summed E-state index contributed by atoms with van der Waals surface area (Å²) in [6.07, 6.45) is 5.04. The van der Waals surface area contributed by atoms with Crippen LogP contribution < -0.4 is 15.4 Å². The Morgan fingerprint density at radius 2 is 2.08 bits per heavy atom. The Kier molecular flexibility index (Phi) is 6.61. The number of hydrogen-bond acceptors (Lipinski definition) is 4. The molecule has 0 aliphatic heterocycles. The van der Waals surface area contributed by atoms with Gasteiger partial charge in [-0.2, -0.15) is 0 Å². The maximum atomic E-state index is 12.3. The number of methoxy groups -OCH3 is 1. The van der Waals surface area contributed by atoms with E-state index < -0.39 is 0 Å². The normalized spacial score (nSPS) is 11.6. The van der Waals surface area contributed by atoms with Crippen LogP contribution in [0.1, 0.15) is 36.2 Å². The second kappa shape index (κ2) is 8.91. The van der Waals surface area contributed by atoms with Crippen molar-refractivity contribution in [2.45, 2.75) is 32.7 Å². The number of aromatic nitrogens is 1. The van der Waals surface area contributed by atoms with Crippen molar-refractivity contribution < 1.29 is 9.53 Å². The monoisotopic (exact) mass is 327 g/mol. The number of benzene rings is 1. The number of rotatable bonds is 8. The first-order valence-corrected chi connectivity index (χ1v) is 8.25. The summed E-state index contributed by atoms with van der Waals surface area (Å²) >= 11 is 0. The Bertz CT molecular complexity index is 673. The van der Waals surface area contributed by atoms with Gasteiger partial charge in [0, 0.05) is 25.0 Å². The minimum absolute atomic E-state index is 0.120. The van der Waals surface area contributed by atoms with E-state index in [1.807, 2.05) is 30.3 Å². The van der Waals surface area contributed by atoms with Gasteiger partial charge in [0.2, 0.25) is 0 Å². The number of nitrogens with one attached hydrogen (secondary N) is 2. The molecule has 0 saturated carbocycles. The van der Waals surface area contributed by atoms with Crippen molar-refractivity contribution in [3.63, 3.8) is 0 Å². The molecular formula is C19H25N3O2. The summed E-state index contributed by atoms with van der Waals surface area (Å²) < 4.78 is 5.32. The van der Waals surface area contributed by atoms with E-state index >= 15 is 0 Å². The van der Waals surface area contributed by atoms with Crippen LogP contribution in [0.5, 0.6) is 5.75 Å². The molecule has 2 N–H and O–H groups in total. The van der Waals surface area contributed by atoms with E-state index in [0.29, 0.717) is 24.6 Å². The molecule has 1 unspecified atom stereocenters. The molecule has 24 heavy (non-hydrogen) atoms. The molecule has 0 radical (unpaired) electrons. The third kappa shape index (κ3) is 4.98. The Hall–Kier alpha value is -2.56. The molecule has 0 aliphatic carbocycles. The standard InChI is InChI=1S/C19H25N3O2/c1-4-14(2)22-17-11-16(12-20-13-17)19(23)21-10-9-15-7-5-6-8-18(15)24-3/h5-8,11-14,22H,4,9-10H2,1-3H3,(H,21,23). The summed E-state index contributed by atoms with van der Waals surface area (Å²) in [6, 6.07) is 10.00. The predicted molar refractivity (Wildman–Crippen MR) is 96.6 cm³/mol. The largest absolute Gasteiger partial charge is 0.496 e. The summed E-state index contributed by atoms with van der Waals surface area (Å²) in [4.78, 5) is 16.4. The smallest absolute Gasteiger partial charge is 0.252 e. The number of para-hydroxylation sites is 1. The summed E-state index contributed by atoms with van der Waals surface area (Å²) in [6.45, 7) is 4.75. The highest BCUT2D eigenvalue weighted by Gasteiger charge is 2.08. The van der Waals surface area contributed by atoms with Crippen LogP contribution in [-0.2, 0) is 6.42 Å². The average Bonchev–Trinajstić information content (AvgIpc) is 2.62. The van der Waals surface area contributed by atoms with Crippen molar-refractivity contribution in [3.05, 3.63) is 53.9 Å². The van der Waals surface area contributed by atoms with Gasteiger partial charge in [-0.3, -0.25) is 9.78 Å². The van der Waals surface area contributed by atoms with Crippen molar-refractivity contribution in [2.24, 2.45) is 0 Å². The maximum absolute atomic E-state index is 12.3. The molecule has 2 rings (SSSR count). The molecule has 1 heterocycles. The van der Waals surface area contributed by atoms with E-state index in [4.69, 9.17) is 4.74 Å². The number of carbonyl (C=O) groups is 1. The SMILES string of the molecule is CCC(C)Nc1cncc(C(=O)NCCc2ccccc2OC)c1. The van der Waals surface area contributed by atoms with Gasteiger partial charge in [0.25, 0.3) is 5.91 Å². The zero-order chi connectivity index (χ0) is 17.4. The molecule has 0 bridgehead atoms. The molecule has 128 valence electrons. The van der Waals surface area contributed by atoms with Crippen LogP contribution in [0.3, 0.4) is 0 Å². The number of hydrogen-bond donors (Lipinski definition) is 2. The number of nitrogens with zero attached hydrogens (tertiary/aromatic N) is 1. The zero-order valence-corrected chi connectivity index (χ0v) is 14.5. The topological polar surface area (TPSA) is 63.2 Å². The first-order chi connectivity index (χ1) is 11.6. The van der Waals surface area contributed by atoms with Gasteiger partial charge in [-0.15, -0.1) is 0 Å². The van der Waals surface area contributed by atoms with Gasteiger partial charge < -0.3 is 15.4 Å². The van der Waals surface area contributed by atoms with Crippen molar-refractivity contribution >= 4 is 11.6 Å². The first kappa shape index (κ1) is 17.8. The molecule has 0 aliphatic rings. The minimum atomic E-state index is -0.120. The van der Waals surface area contributed by atoms with E-state index in [0.717, 1.165) is 23.4 Å². The van der Waals surface area contributed by atoms with Crippen LogP contribution in [0, 0.1) is 0 Å². The molecule has 0 saturated heterocycles. The molecule has 1 aromatic heterocycles.